The molecule has 0 aliphatic heterocycles. The Balaban J connectivity index is 2.03. The second-order valence-electron chi connectivity index (χ2n) is 5.93. The maximum Gasteiger partial charge on any atom is 0.416 e. The van der Waals surface area contributed by atoms with Gasteiger partial charge in [0.25, 0.3) is 10.0 Å². The van der Waals surface area contributed by atoms with E-state index in [4.69, 9.17) is 0 Å². The molecule has 7 nitrogen and oxygen atoms in total. The van der Waals surface area contributed by atoms with Crippen LogP contribution in [0.1, 0.15) is 18.1 Å². The van der Waals surface area contributed by atoms with E-state index in [1.165, 1.54) is 12.1 Å². The van der Waals surface area contributed by atoms with E-state index in [0.29, 0.717) is 12.5 Å². The molecule has 0 saturated heterocycles. The van der Waals surface area contributed by atoms with Crippen LogP contribution in [0.2, 0.25) is 0 Å². The number of aromatic nitrogens is 3. The Hall–Kier alpha value is -3.08. The first kappa shape index (κ1) is 19.7. The molecule has 1 heterocycles. The molecule has 0 radical (unpaired) electrons. The first-order chi connectivity index (χ1) is 13.1. The van der Waals surface area contributed by atoms with Crippen LogP contribution in [-0.4, -0.2) is 23.6 Å². The summed E-state index contributed by atoms with van der Waals surface area (Å²) in [5.41, 5.74) is -1.29. The van der Waals surface area contributed by atoms with Gasteiger partial charge in [-0.05, 0) is 42.3 Å². The van der Waals surface area contributed by atoms with Gasteiger partial charge in [-0.25, -0.2) is 18.3 Å². The molecule has 148 valence electrons. The fourth-order valence-electron chi connectivity index (χ4n) is 2.51. The fourth-order valence-corrected chi connectivity index (χ4v) is 3.55. The molecule has 0 saturated carbocycles. The monoisotopic (exact) mass is 412 g/mol. The van der Waals surface area contributed by atoms with Crippen LogP contribution in [0.3, 0.4) is 0 Å². The van der Waals surface area contributed by atoms with Crippen LogP contribution in [0.4, 0.5) is 18.9 Å². The average Bonchev–Trinajstić information content (AvgIpc) is 3.07. The Bertz CT molecular complexity index is 1150. The third-order valence-corrected chi connectivity index (χ3v) is 5.33. The summed E-state index contributed by atoms with van der Waals surface area (Å²) >= 11 is 0. The number of aromatic amines is 2. The number of halogens is 3. The molecule has 28 heavy (non-hydrogen) atoms. The van der Waals surface area contributed by atoms with Crippen LogP contribution in [0.5, 0.6) is 0 Å². The largest absolute Gasteiger partial charge is 0.416 e. The molecule has 0 unspecified atom stereocenters. The number of hydrogen-bond donors (Lipinski definition) is 3. The maximum absolute atomic E-state index is 13.2. The predicted molar refractivity (Wildman–Crippen MR) is 96.3 cm³/mol. The SMILES string of the molecule is CCc1ccc(S(=O)(=O)Nc2cc(-c3n[nH]c(=O)[nH]3)cc(C(F)(F)F)c2)cc1. The molecule has 1 aromatic heterocycles. The van der Waals surface area contributed by atoms with E-state index in [9.17, 15) is 26.4 Å². The van der Waals surface area contributed by atoms with Crippen LogP contribution in [0.25, 0.3) is 11.4 Å². The number of nitrogens with zero attached hydrogens (tertiary/aromatic N) is 1. The first-order valence-electron chi connectivity index (χ1n) is 8.07. The van der Waals surface area contributed by atoms with Gasteiger partial charge in [-0.2, -0.15) is 18.3 Å². The lowest BCUT2D eigenvalue weighted by Crippen LogP contribution is -2.14. The van der Waals surface area contributed by atoms with Crippen molar-refractivity contribution < 1.29 is 21.6 Å². The zero-order chi connectivity index (χ0) is 20.5. The van der Waals surface area contributed by atoms with Crippen molar-refractivity contribution in [2.24, 2.45) is 0 Å². The van der Waals surface area contributed by atoms with Crippen LogP contribution in [-0.2, 0) is 22.6 Å². The number of benzene rings is 2. The van der Waals surface area contributed by atoms with Gasteiger partial charge >= 0.3 is 11.9 Å². The number of H-pyrrole nitrogens is 2. The molecule has 3 aromatic rings. The first-order valence-corrected chi connectivity index (χ1v) is 9.56. The van der Waals surface area contributed by atoms with Gasteiger partial charge in [-0.3, -0.25) is 9.71 Å². The summed E-state index contributed by atoms with van der Waals surface area (Å²) < 4.78 is 66.9. The molecule has 3 rings (SSSR count). The molecule has 11 heteroatoms. The van der Waals surface area contributed by atoms with Crippen LogP contribution < -0.4 is 10.4 Å². The normalized spacial score (nSPS) is 12.1. The minimum absolute atomic E-state index is 0.0863. The summed E-state index contributed by atoms with van der Waals surface area (Å²) in [4.78, 5) is 13.3. The number of alkyl halides is 3. The van der Waals surface area contributed by atoms with E-state index >= 15 is 0 Å². The summed E-state index contributed by atoms with van der Waals surface area (Å²) in [5, 5.41) is 5.64. The molecule has 0 amide bonds. The predicted octanol–water partition coefficient (Wildman–Crippen LogP) is 3.15. The van der Waals surface area contributed by atoms with Crippen LogP contribution >= 0.6 is 0 Å². The molecule has 0 fully saturated rings. The van der Waals surface area contributed by atoms with Crippen molar-refractivity contribution >= 4 is 15.7 Å². The van der Waals surface area contributed by atoms with Crippen molar-refractivity contribution in [3.63, 3.8) is 0 Å². The lowest BCUT2D eigenvalue weighted by molar-refractivity contribution is -0.137. The highest BCUT2D eigenvalue weighted by Gasteiger charge is 2.32. The lowest BCUT2D eigenvalue weighted by atomic mass is 10.1. The highest BCUT2D eigenvalue weighted by Crippen LogP contribution is 2.34. The van der Waals surface area contributed by atoms with E-state index in [0.717, 1.165) is 17.7 Å². The zero-order valence-corrected chi connectivity index (χ0v) is 15.3. The van der Waals surface area contributed by atoms with Gasteiger partial charge in [0.05, 0.1) is 16.1 Å². The molecule has 3 N–H and O–H groups in total. The van der Waals surface area contributed by atoms with Crippen molar-refractivity contribution in [1.29, 1.82) is 0 Å². The Morgan fingerprint density at radius 3 is 2.32 bits per heavy atom. The Labute approximate surface area is 157 Å². The second-order valence-corrected chi connectivity index (χ2v) is 7.61. The summed E-state index contributed by atoms with van der Waals surface area (Å²) in [6.45, 7) is 1.91. The molecule has 0 aliphatic rings. The summed E-state index contributed by atoms with van der Waals surface area (Å²) in [6.07, 6.45) is -4.01. The van der Waals surface area contributed by atoms with Gasteiger partial charge in [0.2, 0.25) is 0 Å². The van der Waals surface area contributed by atoms with Gasteiger partial charge in [0.15, 0.2) is 5.82 Å². The van der Waals surface area contributed by atoms with Crippen molar-refractivity contribution in [3.8, 4) is 11.4 Å². The van der Waals surface area contributed by atoms with Crippen molar-refractivity contribution in [2.75, 3.05) is 4.72 Å². The standard InChI is InChI=1S/C17H15F3N4O3S/c1-2-10-3-5-14(6-4-10)28(26,27)24-13-8-11(15-21-16(25)23-22-15)7-12(9-13)17(18,19)20/h3-9,24H,2H2,1H3,(H2,21,22,23,25). The third-order valence-electron chi connectivity index (χ3n) is 3.93. The third kappa shape index (κ3) is 4.25. The number of rotatable bonds is 5. The summed E-state index contributed by atoms with van der Waals surface area (Å²) in [5.74, 6) is -0.149. The number of sulfonamides is 1. The fraction of sp³-hybridized carbons (Fsp3) is 0.176. The van der Waals surface area contributed by atoms with E-state index in [2.05, 4.69) is 14.8 Å². The molecular formula is C17H15F3N4O3S. The Morgan fingerprint density at radius 2 is 1.79 bits per heavy atom. The van der Waals surface area contributed by atoms with E-state index in [1.54, 1.807) is 12.1 Å². The van der Waals surface area contributed by atoms with Gasteiger partial charge in [-0.15, -0.1) is 0 Å². The van der Waals surface area contributed by atoms with Crippen LogP contribution in [0, 0.1) is 0 Å². The van der Waals surface area contributed by atoms with Gasteiger partial charge in [0.1, 0.15) is 0 Å². The second kappa shape index (κ2) is 7.15. The average molecular weight is 412 g/mol. The van der Waals surface area contributed by atoms with E-state index < -0.39 is 27.5 Å². The number of aryl methyl sites for hydroxylation is 1. The molecule has 2 aromatic carbocycles. The van der Waals surface area contributed by atoms with Crippen molar-refractivity contribution in [1.82, 2.24) is 15.2 Å². The van der Waals surface area contributed by atoms with Gasteiger partial charge in [-0.1, -0.05) is 19.1 Å². The van der Waals surface area contributed by atoms with E-state index in [1.807, 2.05) is 12.0 Å². The number of hydrogen-bond acceptors (Lipinski definition) is 4. The number of nitrogens with one attached hydrogen (secondary N) is 3. The van der Waals surface area contributed by atoms with E-state index in [-0.39, 0.29) is 22.0 Å². The molecule has 0 aliphatic carbocycles. The van der Waals surface area contributed by atoms with Crippen LogP contribution in [0.15, 0.2) is 52.2 Å². The maximum atomic E-state index is 13.2. The highest BCUT2D eigenvalue weighted by molar-refractivity contribution is 7.92. The zero-order valence-electron chi connectivity index (χ0n) is 14.5. The molecule has 0 atom stereocenters. The Kier molecular flexibility index (Phi) is 5.02. The highest BCUT2D eigenvalue weighted by atomic mass is 32.2. The number of anilines is 1. The topological polar surface area (TPSA) is 108 Å². The molecule has 0 bridgehead atoms. The van der Waals surface area contributed by atoms with Gasteiger partial charge < -0.3 is 0 Å². The molecular weight excluding hydrogens is 397 g/mol. The van der Waals surface area contributed by atoms with Gasteiger partial charge in [0, 0.05) is 5.56 Å². The lowest BCUT2D eigenvalue weighted by Gasteiger charge is -2.13. The van der Waals surface area contributed by atoms with Crippen molar-refractivity contribution in [2.45, 2.75) is 24.4 Å². The summed E-state index contributed by atoms with van der Waals surface area (Å²) in [7, 11) is -4.11. The summed E-state index contributed by atoms with van der Waals surface area (Å²) in [6, 6.07) is 8.59. The molecule has 0 spiro atoms. The van der Waals surface area contributed by atoms with Crippen molar-refractivity contribution in [3.05, 3.63) is 64.1 Å². The minimum Gasteiger partial charge on any atom is -0.289 e. The Morgan fingerprint density at radius 1 is 1.11 bits per heavy atom. The smallest absolute Gasteiger partial charge is 0.289 e. The quantitative estimate of drug-likeness (QED) is 0.598. The minimum atomic E-state index is -4.73.